The summed E-state index contributed by atoms with van der Waals surface area (Å²) in [5.74, 6) is -0.270. The van der Waals surface area contributed by atoms with E-state index in [0.29, 0.717) is 0 Å². The minimum Gasteiger partial charge on any atom is -0.496 e. The third-order valence-electron chi connectivity index (χ3n) is 2.36. The van der Waals surface area contributed by atoms with Crippen molar-refractivity contribution in [2.45, 2.75) is 4.90 Å². The van der Waals surface area contributed by atoms with Gasteiger partial charge in [-0.25, -0.2) is 8.42 Å². The average molecular weight is 273 g/mol. The van der Waals surface area contributed by atoms with Crippen molar-refractivity contribution in [3.05, 3.63) is 17.7 Å². The summed E-state index contributed by atoms with van der Waals surface area (Å²) in [6.45, 7) is -0.313. The standard InChI is InChI=1S/C11H15NO5S/c1-16-8-4-5-9(17-2)11(18(3,14)15)10(8)7(13)6-12/h4-5H,6,12H2,1-3H3. The molecule has 0 fully saturated rings. The Kier molecular flexibility index (Phi) is 4.31. The first-order chi connectivity index (χ1) is 8.36. The number of hydrogen-bond donors (Lipinski definition) is 1. The zero-order chi connectivity index (χ0) is 13.9. The van der Waals surface area contributed by atoms with Gasteiger partial charge in [0.05, 0.1) is 26.3 Å². The number of benzene rings is 1. The van der Waals surface area contributed by atoms with E-state index in [1.807, 2.05) is 0 Å². The molecule has 0 atom stereocenters. The van der Waals surface area contributed by atoms with Crippen LogP contribution in [0.1, 0.15) is 10.4 Å². The Hall–Kier alpha value is -1.60. The van der Waals surface area contributed by atoms with Gasteiger partial charge in [0.15, 0.2) is 15.6 Å². The number of nitrogens with two attached hydrogens (primary N) is 1. The van der Waals surface area contributed by atoms with Gasteiger partial charge in [-0.15, -0.1) is 0 Å². The predicted molar refractivity (Wildman–Crippen MR) is 66.0 cm³/mol. The van der Waals surface area contributed by atoms with Gasteiger partial charge in [-0.2, -0.15) is 0 Å². The number of ketones is 1. The van der Waals surface area contributed by atoms with Crippen molar-refractivity contribution in [3.8, 4) is 11.5 Å². The molecule has 0 amide bonds. The van der Waals surface area contributed by atoms with Crippen LogP contribution in [0.15, 0.2) is 17.0 Å². The fourth-order valence-corrected chi connectivity index (χ4v) is 2.71. The molecule has 1 aromatic carbocycles. The summed E-state index contributed by atoms with van der Waals surface area (Å²) in [5.41, 5.74) is 5.22. The Morgan fingerprint density at radius 1 is 1.22 bits per heavy atom. The van der Waals surface area contributed by atoms with E-state index in [-0.39, 0.29) is 28.5 Å². The summed E-state index contributed by atoms with van der Waals surface area (Å²) in [4.78, 5) is 11.6. The fraction of sp³-hybridized carbons (Fsp3) is 0.364. The molecule has 0 bridgehead atoms. The van der Waals surface area contributed by atoms with Gasteiger partial charge in [0, 0.05) is 6.26 Å². The van der Waals surface area contributed by atoms with Crippen molar-refractivity contribution < 1.29 is 22.7 Å². The summed E-state index contributed by atoms with van der Waals surface area (Å²) in [5, 5.41) is 0. The minimum absolute atomic E-state index is 0.0677. The van der Waals surface area contributed by atoms with E-state index in [0.717, 1.165) is 6.26 Å². The second-order valence-corrected chi connectivity index (χ2v) is 5.53. The van der Waals surface area contributed by atoms with Crippen LogP contribution in [0.25, 0.3) is 0 Å². The number of sulfone groups is 1. The van der Waals surface area contributed by atoms with Crippen molar-refractivity contribution in [1.29, 1.82) is 0 Å². The lowest BCUT2D eigenvalue weighted by atomic mass is 10.1. The van der Waals surface area contributed by atoms with Crippen molar-refractivity contribution in [2.24, 2.45) is 5.73 Å². The number of rotatable bonds is 5. The Morgan fingerprint density at radius 3 is 2.11 bits per heavy atom. The highest BCUT2D eigenvalue weighted by molar-refractivity contribution is 7.91. The lowest BCUT2D eigenvalue weighted by Crippen LogP contribution is -2.18. The van der Waals surface area contributed by atoms with Crippen molar-refractivity contribution in [2.75, 3.05) is 27.0 Å². The van der Waals surface area contributed by atoms with Gasteiger partial charge < -0.3 is 15.2 Å². The first kappa shape index (κ1) is 14.5. The summed E-state index contributed by atoms with van der Waals surface area (Å²) in [6.07, 6.45) is 0.998. The molecule has 0 aliphatic rings. The van der Waals surface area contributed by atoms with E-state index in [9.17, 15) is 13.2 Å². The Balaban J connectivity index is 3.76. The topological polar surface area (TPSA) is 95.7 Å². The first-order valence-corrected chi connectivity index (χ1v) is 6.94. The molecule has 1 aromatic rings. The second kappa shape index (κ2) is 5.36. The Bertz CT molecular complexity index is 565. The molecule has 1 rings (SSSR count). The number of Topliss-reactive ketones (excluding diaryl/α,β-unsaturated/α-hetero) is 1. The molecule has 0 heterocycles. The largest absolute Gasteiger partial charge is 0.496 e. The van der Waals surface area contributed by atoms with E-state index < -0.39 is 15.6 Å². The number of methoxy groups -OCH3 is 2. The van der Waals surface area contributed by atoms with Crippen LogP contribution in [0.2, 0.25) is 0 Å². The molecule has 0 unspecified atom stereocenters. The highest BCUT2D eigenvalue weighted by Gasteiger charge is 2.26. The smallest absolute Gasteiger partial charge is 0.181 e. The van der Waals surface area contributed by atoms with E-state index in [2.05, 4.69) is 0 Å². The maximum Gasteiger partial charge on any atom is 0.181 e. The van der Waals surface area contributed by atoms with Crippen molar-refractivity contribution in [3.63, 3.8) is 0 Å². The molecule has 0 aliphatic heterocycles. The summed E-state index contributed by atoms with van der Waals surface area (Å²) in [7, 11) is -0.970. The lowest BCUT2D eigenvalue weighted by Gasteiger charge is -2.14. The number of carbonyl (C=O) groups is 1. The van der Waals surface area contributed by atoms with Crippen LogP contribution in [-0.4, -0.2) is 41.2 Å². The van der Waals surface area contributed by atoms with Crippen LogP contribution in [0.3, 0.4) is 0 Å². The third-order valence-corrected chi connectivity index (χ3v) is 3.51. The molecule has 18 heavy (non-hydrogen) atoms. The normalized spacial score (nSPS) is 11.1. The Labute approximate surface area is 106 Å². The summed E-state index contributed by atoms with van der Waals surface area (Å²) >= 11 is 0. The molecule has 100 valence electrons. The zero-order valence-corrected chi connectivity index (χ0v) is 11.2. The van der Waals surface area contributed by atoms with Crippen LogP contribution >= 0.6 is 0 Å². The maximum absolute atomic E-state index is 11.8. The van der Waals surface area contributed by atoms with Crippen molar-refractivity contribution in [1.82, 2.24) is 0 Å². The molecule has 0 aromatic heterocycles. The minimum atomic E-state index is -3.65. The summed E-state index contributed by atoms with van der Waals surface area (Å²) in [6, 6.07) is 2.90. The fourth-order valence-electron chi connectivity index (χ4n) is 1.61. The highest BCUT2D eigenvalue weighted by Crippen LogP contribution is 2.34. The van der Waals surface area contributed by atoms with Gasteiger partial charge in [0.1, 0.15) is 16.4 Å². The van der Waals surface area contributed by atoms with Crippen LogP contribution in [-0.2, 0) is 9.84 Å². The van der Waals surface area contributed by atoms with Crippen LogP contribution < -0.4 is 15.2 Å². The molecule has 0 saturated carbocycles. The van der Waals surface area contributed by atoms with E-state index in [1.165, 1.54) is 26.4 Å². The molecule has 6 nitrogen and oxygen atoms in total. The maximum atomic E-state index is 11.8. The van der Waals surface area contributed by atoms with E-state index >= 15 is 0 Å². The molecule has 0 aliphatic carbocycles. The molecule has 0 spiro atoms. The first-order valence-electron chi connectivity index (χ1n) is 5.05. The Morgan fingerprint density at radius 2 is 1.72 bits per heavy atom. The van der Waals surface area contributed by atoms with Crippen LogP contribution in [0.4, 0.5) is 0 Å². The number of carbonyl (C=O) groups excluding carboxylic acids is 1. The van der Waals surface area contributed by atoms with Gasteiger partial charge in [-0.1, -0.05) is 0 Å². The van der Waals surface area contributed by atoms with E-state index in [4.69, 9.17) is 15.2 Å². The number of hydrogen-bond acceptors (Lipinski definition) is 6. The third kappa shape index (κ3) is 2.62. The zero-order valence-electron chi connectivity index (χ0n) is 10.4. The molecular weight excluding hydrogens is 258 g/mol. The molecule has 2 N–H and O–H groups in total. The van der Waals surface area contributed by atoms with Crippen LogP contribution in [0, 0.1) is 0 Å². The lowest BCUT2D eigenvalue weighted by molar-refractivity contribution is 0.0994. The number of ether oxygens (including phenoxy) is 2. The SMILES string of the molecule is COc1ccc(OC)c(S(C)(=O)=O)c1C(=O)CN. The van der Waals surface area contributed by atoms with Crippen molar-refractivity contribution >= 4 is 15.6 Å². The predicted octanol–water partition coefficient (Wildman–Crippen LogP) is 0.249. The summed E-state index contributed by atoms with van der Waals surface area (Å²) < 4.78 is 33.6. The molecular formula is C11H15NO5S. The molecule has 0 saturated heterocycles. The van der Waals surface area contributed by atoms with Gasteiger partial charge in [0.25, 0.3) is 0 Å². The quantitative estimate of drug-likeness (QED) is 0.772. The van der Waals surface area contributed by atoms with Gasteiger partial charge in [0.2, 0.25) is 0 Å². The average Bonchev–Trinajstić information content (AvgIpc) is 2.34. The molecule has 0 radical (unpaired) electrons. The van der Waals surface area contributed by atoms with Crippen LogP contribution in [0.5, 0.6) is 11.5 Å². The van der Waals surface area contributed by atoms with Gasteiger partial charge in [-0.05, 0) is 12.1 Å². The van der Waals surface area contributed by atoms with Gasteiger partial charge >= 0.3 is 0 Å². The van der Waals surface area contributed by atoms with E-state index in [1.54, 1.807) is 0 Å². The van der Waals surface area contributed by atoms with Gasteiger partial charge in [-0.3, -0.25) is 4.79 Å². The molecule has 7 heteroatoms. The monoisotopic (exact) mass is 273 g/mol. The highest BCUT2D eigenvalue weighted by atomic mass is 32.2. The second-order valence-electron chi connectivity index (χ2n) is 3.57.